The molecule has 0 atom stereocenters. The van der Waals surface area contributed by atoms with Gasteiger partial charge in [-0.15, -0.1) is 0 Å². The molecule has 0 aliphatic carbocycles. The van der Waals surface area contributed by atoms with Crippen molar-refractivity contribution in [2.45, 2.75) is 6.61 Å². The van der Waals surface area contributed by atoms with Gasteiger partial charge in [0.15, 0.2) is 0 Å². The molecule has 0 unspecified atom stereocenters. The average Bonchev–Trinajstić information content (AvgIpc) is 2.38. The fourth-order valence-electron chi connectivity index (χ4n) is 1.37. The third kappa shape index (κ3) is 3.07. The average molecular weight is 308 g/mol. The van der Waals surface area contributed by atoms with E-state index in [0.717, 1.165) is 10.0 Å². The summed E-state index contributed by atoms with van der Waals surface area (Å²) in [4.78, 5) is 14.4. The van der Waals surface area contributed by atoms with Crippen molar-refractivity contribution in [3.8, 4) is 5.75 Å². The number of carboxylic acids is 1. The Kier molecular flexibility index (Phi) is 3.94. The quantitative estimate of drug-likeness (QED) is 0.943. The SMILES string of the molecule is O=C(O)c1ccc(OCc2ccccc2Br)cn1. The van der Waals surface area contributed by atoms with Crippen LogP contribution in [-0.2, 0) is 6.61 Å². The van der Waals surface area contributed by atoms with Crippen LogP contribution in [0.3, 0.4) is 0 Å². The van der Waals surface area contributed by atoms with Crippen LogP contribution in [0.15, 0.2) is 47.1 Å². The lowest BCUT2D eigenvalue weighted by Gasteiger charge is -2.07. The van der Waals surface area contributed by atoms with Gasteiger partial charge in [-0.2, -0.15) is 0 Å². The molecule has 0 amide bonds. The molecule has 1 heterocycles. The Morgan fingerprint density at radius 3 is 2.67 bits per heavy atom. The molecule has 5 heteroatoms. The molecule has 0 saturated carbocycles. The zero-order valence-corrected chi connectivity index (χ0v) is 10.9. The highest BCUT2D eigenvalue weighted by Crippen LogP contribution is 2.18. The molecule has 0 aliphatic rings. The molecule has 0 bridgehead atoms. The van der Waals surface area contributed by atoms with Gasteiger partial charge >= 0.3 is 5.97 Å². The second kappa shape index (κ2) is 5.64. The first-order valence-electron chi connectivity index (χ1n) is 5.22. The minimum Gasteiger partial charge on any atom is -0.487 e. The maximum absolute atomic E-state index is 10.6. The van der Waals surface area contributed by atoms with Gasteiger partial charge in [0.2, 0.25) is 0 Å². The second-order valence-electron chi connectivity index (χ2n) is 3.56. The molecule has 2 aromatic rings. The van der Waals surface area contributed by atoms with Gasteiger partial charge in [-0.05, 0) is 18.2 Å². The van der Waals surface area contributed by atoms with Gasteiger partial charge in [0.25, 0.3) is 0 Å². The van der Waals surface area contributed by atoms with E-state index in [0.29, 0.717) is 12.4 Å². The molecule has 1 aromatic carbocycles. The topological polar surface area (TPSA) is 59.4 Å². The van der Waals surface area contributed by atoms with Crippen LogP contribution in [0.25, 0.3) is 0 Å². The van der Waals surface area contributed by atoms with Crippen LogP contribution in [0.1, 0.15) is 16.1 Å². The summed E-state index contributed by atoms with van der Waals surface area (Å²) in [6, 6.07) is 10.7. The predicted octanol–water partition coefficient (Wildman–Crippen LogP) is 3.12. The molecule has 0 aliphatic heterocycles. The van der Waals surface area contributed by atoms with Crippen LogP contribution in [0.5, 0.6) is 5.75 Å². The summed E-state index contributed by atoms with van der Waals surface area (Å²) in [5.41, 5.74) is 1.02. The smallest absolute Gasteiger partial charge is 0.354 e. The minimum absolute atomic E-state index is 0.00300. The predicted molar refractivity (Wildman–Crippen MR) is 69.7 cm³/mol. The van der Waals surface area contributed by atoms with Crippen molar-refractivity contribution in [3.05, 3.63) is 58.3 Å². The molecule has 18 heavy (non-hydrogen) atoms. The minimum atomic E-state index is -1.05. The molecule has 1 N–H and O–H groups in total. The van der Waals surface area contributed by atoms with Gasteiger partial charge in [-0.3, -0.25) is 0 Å². The first-order valence-corrected chi connectivity index (χ1v) is 6.01. The Balaban J connectivity index is 2.02. The summed E-state index contributed by atoms with van der Waals surface area (Å²) in [7, 11) is 0. The van der Waals surface area contributed by atoms with Gasteiger partial charge in [0.05, 0.1) is 6.20 Å². The number of rotatable bonds is 4. The number of hydrogen-bond acceptors (Lipinski definition) is 3. The van der Waals surface area contributed by atoms with Crippen molar-refractivity contribution in [3.63, 3.8) is 0 Å². The third-order valence-electron chi connectivity index (χ3n) is 2.31. The van der Waals surface area contributed by atoms with Crippen molar-refractivity contribution in [1.29, 1.82) is 0 Å². The maximum Gasteiger partial charge on any atom is 0.354 e. The Hall–Kier alpha value is -1.88. The van der Waals surface area contributed by atoms with E-state index in [1.165, 1.54) is 12.3 Å². The molecule has 0 spiro atoms. The van der Waals surface area contributed by atoms with Crippen molar-refractivity contribution in [1.82, 2.24) is 4.98 Å². The maximum atomic E-state index is 10.6. The van der Waals surface area contributed by atoms with E-state index in [2.05, 4.69) is 20.9 Å². The Morgan fingerprint density at radius 1 is 1.28 bits per heavy atom. The number of nitrogens with zero attached hydrogens (tertiary/aromatic N) is 1. The van der Waals surface area contributed by atoms with Gasteiger partial charge in [-0.1, -0.05) is 34.1 Å². The van der Waals surface area contributed by atoms with E-state index in [9.17, 15) is 4.79 Å². The summed E-state index contributed by atoms with van der Waals surface area (Å²) >= 11 is 3.43. The van der Waals surface area contributed by atoms with E-state index in [4.69, 9.17) is 9.84 Å². The van der Waals surface area contributed by atoms with Crippen LogP contribution in [0.4, 0.5) is 0 Å². The van der Waals surface area contributed by atoms with Crippen molar-refractivity contribution < 1.29 is 14.6 Å². The van der Waals surface area contributed by atoms with E-state index < -0.39 is 5.97 Å². The number of halogens is 1. The number of aromatic carboxylic acids is 1. The van der Waals surface area contributed by atoms with Crippen LogP contribution >= 0.6 is 15.9 Å². The van der Waals surface area contributed by atoms with Crippen LogP contribution in [0, 0.1) is 0 Å². The van der Waals surface area contributed by atoms with Gasteiger partial charge in [-0.25, -0.2) is 9.78 Å². The largest absolute Gasteiger partial charge is 0.487 e. The molecular weight excluding hydrogens is 298 g/mol. The standard InChI is InChI=1S/C13H10BrNO3/c14-11-4-2-1-3-9(11)8-18-10-5-6-12(13(16)17)15-7-10/h1-7H,8H2,(H,16,17). The molecule has 1 aromatic heterocycles. The fraction of sp³-hybridized carbons (Fsp3) is 0.0769. The van der Waals surface area contributed by atoms with E-state index >= 15 is 0 Å². The lowest BCUT2D eigenvalue weighted by molar-refractivity contribution is 0.0690. The summed E-state index contributed by atoms with van der Waals surface area (Å²) in [5.74, 6) is -0.511. The van der Waals surface area contributed by atoms with Gasteiger partial charge in [0, 0.05) is 10.0 Å². The number of carboxylic acid groups (broad SMARTS) is 1. The monoisotopic (exact) mass is 307 g/mol. The zero-order valence-electron chi connectivity index (χ0n) is 9.34. The third-order valence-corrected chi connectivity index (χ3v) is 3.08. The normalized spacial score (nSPS) is 10.1. The van der Waals surface area contributed by atoms with Crippen molar-refractivity contribution in [2.75, 3.05) is 0 Å². The molecule has 0 saturated heterocycles. The van der Waals surface area contributed by atoms with E-state index in [-0.39, 0.29) is 5.69 Å². The lowest BCUT2D eigenvalue weighted by atomic mass is 10.2. The number of ether oxygens (including phenoxy) is 1. The first-order chi connectivity index (χ1) is 8.66. The Labute approximate surface area is 112 Å². The zero-order chi connectivity index (χ0) is 13.0. The number of aromatic nitrogens is 1. The second-order valence-corrected chi connectivity index (χ2v) is 4.42. The van der Waals surface area contributed by atoms with Crippen LogP contribution in [0.2, 0.25) is 0 Å². The van der Waals surface area contributed by atoms with E-state index in [1.54, 1.807) is 6.07 Å². The summed E-state index contributed by atoms with van der Waals surface area (Å²) in [6.45, 7) is 0.398. The van der Waals surface area contributed by atoms with Crippen molar-refractivity contribution in [2.24, 2.45) is 0 Å². The molecule has 4 nitrogen and oxygen atoms in total. The van der Waals surface area contributed by atoms with Crippen molar-refractivity contribution >= 4 is 21.9 Å². The number of benzene rings is 1. The Morgan fingerprint density at radius 2 is 2.06 bits per heavy atom. The fourth-order valence-corrected chi connectivity index (χ4v) is 1.77. The van der Waals surface area contributed by atoms with Crippen LogP contribution < -0.4 is 4.74 Å². The first kappa shape index (κ1) is 12.6. The Bertz CT molecular complexity index is 554. The summed E-state index contributed by atoms with van der Waals surface area (Å²) in [6.07, 6.45) is 1.40. The highest BCUT2D eigenvalue weighted by molar-refractivity contribution is 9.10. The number of pyridine rings is 1. The summed E-state index contributed by atoms with van der Waals surface area (Å²) in [5, 5.41) is 8.71. The highest BCUT2D eigenvalue weighted by Gasteiger charge is 2.04. The van der Waals surface area contributed by atoms with Gasteiger partial charge in [0.1, 0.15) is 18.1 Å². The van der Waals surface area contributed by atoms with Crippen LogP contribution in [-0.4, -0.2) is 16.1 Å². The number of hydrogen-bond donors (Lipinski definition) is 1. The number of carbonyl (C=O) groups is 1. The molecular formula is C13H10BrNO3. The molecule has 2 rings (SSSR count). The molecule has 92 valence electrons. The molecule has 0 fully saturated rings. The van der Waals surface area contributed by atoms with E-state index in [1.807, 2.05) is 24.3 Å². The highest BCUT2D eigenvalue weighted by atomic mass is 79.9. The molecule has 0 radical (unpaired) electrons. The van der Waals surface area contributed by atoms with Gasteiger partial charge < -0.3 is 9.84 Å². The lowest BCUT2D eigenvalue weighted by Crippen LogP contribution is -2.01. The summed E-state index contributed by atoms with van der Waals surface area (Å²) < 4.78 is 6.49.